The number of ether oxygens (including phenoxy) is 1. The Morgan fingerprint density at radius 1 is 0.900 bits per heavy atom. The van der Waals surface area contributed by atoms with Crippen molar-refractivity contribution in [2.24, 2.45) is 5.92 Å². The first-order valence-electron chi connectivity index (χ1n) is 15.4. The summed E-state index contributed by atoms with van der Waals surface area (Å²) in [5.74, 6) is -0.652. The maximum Gasteiger partial charge on any atom is 0.408 e. The first-order valence-corrected chi connectivity index (χ1v) is 15.4. The van der Waals surface area contributed by atoms with Crippen LogP contribution in [0.3, 0.4) is 0 Å². The molecule has 2 N–H and O–H groups in total. The Balaban J connectivity index is 3.52. The van der Waals surface area contributed by atoms with Crippen LogP contribution < -0.4 is 10.6 Å². The van der Waals surface area contributed by atoms with Crippen LogP contribution >= 0.6 is 0 Å². The van der Waals surface area contributed by atoms with Gasteiger partial charge < -0.3 is 20.3 Å². The van der Waals surface area contributed by atoms with E-state index in [4.69, 9.17) is 4.74 Å². The number of hydrogen-bond donors (Lipinski definition) is 2. The summed E-state index contributed by atoms with van der Waals surface area (Å²) in [5, 5.41) is 5.99. The standard InChI is InChI=1S/C33H57N3O4/c1-11-13-14-15-16-17-22-36(31(38)28(23(3)4)35-32(39)40-33(8,9)10)29(30(37)34-25(6)19-12-2)27-21-18-20-24(5)26(27)7/h18,20-21,23,25,28-29H,11-17,19,22H2,1-10H3,(H,34,37)(H,35,39). The van der Waals surface area contributed by atoms with E-state index in [1.807, 2.05) is 52.8 Å². The summed E-state index contributed by atoms with van der Waals surface area (Å²) in [6, 6.07) is 4.27. The fourth-order valence-electron chi connectivity index (χ4n) is 4.90. The number of aryl methyl sites for hydroxylation is 1. The molecule has 228 valence electrons. The molecule has 40 heavy (non-hydrogen) atoms. The average molecular weight is 560 g/mol. The molecule has 1 rings (SSSR count). The predicted octanol–water partition coefficient (Wildman–Crippen LogP) is 7.39. The van der Waals surface area contributed by atoms with Gasteiger partial charge in [0, 0.05) is 12.6 Å². The number of rotatable bonds is 16. The third-order valence-electron chi connectivity index (χ3n) is 7.25. The van der Waals surface area contributed by atoms with Gasteiger partial charge in [-0.3, -0.25) is 9.59 Å². The van der Waals surface area contributed by atoms with Gasteiger partial charge in [0.1, 0.15) is 17.7 Å². The van der Waals surface area contributed by atoms with Crippen molar-refractivity contribution in [2.45, 2.75) is 144 Å². The summed E-state index contributed by atoms with van der Waals surface area (Å²) in [6.07, 6.45) is 7.54. The van der Waals surface area contributed by atoms with Crippen LogP contribution in [0.4, 0.5) is 4.79 Å². The van der Waals surface area contributed by atoms with E-state index in [9.17, 15) is 14.4 Å². The van der Waals surface area contributed by atoms with Crippen LogP contribution in [0.2, 0.25) is 0 Å². The van der Waals surface area contributed by atoms with Crippen molar-refractivity contribution in [3.63, 3.8) is 0 Å². The quantitative estimate of drug-likeness (QED) is 0.207. The molecule has 7 nitrogen and oxygen atoms in total. The summed E-state index contributed by atoms with van der Waals surface area (Å²) >= 11 is 0. The molecule has 0 aliphatic carbocycles. The lowest BCUT2D eigenvalue weighted by atomic mass is 9.93. The summed E-state index contributed by atoms with van der Waals surface area (Å²) in [4.78, 5) is 42.8. The van der Waals surface area contributed by atoms with E-state index in [0.717, 1.165) is 55.2 Å². The highest BCUT2D eigenvalue weighted by molar-refractivity contribution is 5.92. The fourth-order valence-corrected chi connectivity index (χ4v) is 4.90. The fraction of sp³-hybridized carbons (Fsp3) is 0.727. The summed E-state index contributed by atoms with van der Waals surface area (Å²) in [5.41, 5.74) is 2.19. The highest BCUT2D eigenvalue weighted by Crippen LogP contribution is 2.29. The Morgan fingerprint density at radius 2 is 1.52 bits per heavy atom. The molecular weight excluding hydrogens is 502 g/mol. The van der Waals surface area contributed by atoms with Gasteiger partial charge in [-0.25, -0.2) is 4.79 Å². The molecule has 0 heterocycles. The minimum absolute atomic E-state index is 0.0168. The van der Waals surface area contributed by atoms with Gasteiger partial charge in [0.25, 0.3) is 0 Å². The number of benzene rings is 1. The Morgan fingerprint density at radius 3 is 2.10 bits per heavy atom. The molecule has 0 radical (unpaired) electrons. The number of unbranched alkanes of at least 4 members (excludes halogenated alkanes) is 5. The smallest absolute Gasteiger partial charge is 0.408 e. The Bertz CT molecular complexity index is 938. The van der Waals surface area contributed by atoms with Crippen LogP contribution in [0.25, 0.3) is 0 Å². The van der Waals surface area contributed by atoms with Crippen molar-refractivity contribution in [1.82, 2.24) is 15.5 Å². The minimum atomic E-state index is -0.830. The third kappa shape index (κ3) is 11.9. The van der Waals surface area contributed by atoms with Gasteiger partial charge in [0.15, 0.2) is 0 Å². The van der Waals surface area contributed by atoms with E-state index in [0.29, 0.717) is 6.54 Å². The number of amides is 3. The van der Waals surface area contributed by atoms with Gasteiger partial charge >= 0.3 is 6.09 Å². The molecule has 0 saturated heterocycles. The Kier molecular flexibility index (Phi) is 15.3. The zero-order chi connectivity index (χ0) is 30.5. The lowest BCUT2D eigenvalue weighted by Crippen LogP contribution is -2.55. The largest absolute Gasteiger partial charge is 0.444 e. The molecule has 3 amide bonds. The summed E-state index contributed by atoms with van der Waals surface area (Å²) in [7, 11) is 0. The molecule has 0 bridgehead atoms. The van der Waals surface area contributed by atoms with E-state index in [1.54, 1.807) is 25.7 Å². The van der Waals surface area contributed by atoms with Crippen molar-refractivity contribution in [2.75, 3.05) is 6.54 Å². The van der Waals surface area contributed by atoms with Crippen LogP contribution in [-0.2, 0) is 14.3 Å². The van der Waals surface area contributed by atoms with Crippen molar-refractivity contribution in [3.8, 4) is 0 Å². The predicted molar refractivity (Wildman–Crippen MR) is 164 cm³/mol. The van der Waals surface area contributed by atoms with Gasteiger partial charge in [-0.1, -0.05) is 84.4 Å². The Hall–Kier alpha value is -2.57. The number of carbonyl (C=O) groups is 3. The molecule has 1 aromatic carbocycles. The molecule has 1 aromatic rings. The highest BCUT2D eigenvalue weighted by Gasteiger charge is 2.38. The van der Waals surface area contributed by atoms with E-state index in [-0.39, 0.29) is 23.8 Å². The molecular formula is C33H57N3O4. The molecule has 7 heteroatoms. The van der Waals surface area contributed by atoms with Crippen molar-refractivity contribution in [3.05, 3.63) is 34.9 Å². The second-order valence-electron chi connectivity index (χ2n) is 12.6. The van der Waals surface area contributed by atoms with Crippen molar-refractivity contribution < 1.29 is 19.1 Å². The van der Waals surface area contributed by atoms with Crippen molar-refractivity contribution >= 4 is 17.9 Å². The average Bonchev–Trinajstić information content (AvgIpc) is 2.84. The SMILES string of the molecule is CCCCCCCCN(C(=O)C(NC(=O)OC(C)(C)C)C(C)C)C(C(=O)NC(C)CCC)c1cccc(C)c1C. The van der Waals surface area contributed by atoms with E-state index in [1.165, 1.54) is 12.8 Å². The topological polar surface area (TPSA) is 87.7 Å². The number of hydrogen-bond acceptors (Lipinski definition) is 4. The molecule has 3 atom stereocenters. The molecule has 0 fully saturated rings. The monoisotopic (exact) mass is 559 g/mol. The molecule has 0 saturated carbocycles. The lowest BCUT2D eigenvalue weighted by molar-refractivity contribution is -0.143. The maximum atomic E-state index is 14.4. The summed E-state index contributed by atoms with van der Waals surface area (Å²) < 4.78 is 5.49. The molecule has 0 aliphatic heterocycles. The maximum absolute atomic E-state index is 14.4. The Labute approximate surface area is 244 Å². The molecule has 0 spiro atoms. The van der Waals surface area contributed by atoms with Gasteiger partial charge in [0.05, 0.1) is 0 Å². The van der Waals surface area contributed by atoms with Gasteiger partial charge in [-0.2, -0.15) is 0 Å². The van der Waals surface area contributed by atoms with E-state index < -0.39 is 23.8 Å². The second kappa shape index (κ2) is 17.3. The zero-order valence-corrected chi connectivity index (χ0v) is 27.0. The summed E-state index contributed by atoms with van der Waals surface area (Å²) in [6.45, 7) is 19.9. The van der Waals surface area contributed by atoms with Gasteiger partial charge in [-0.05, 0) is 77.0 Å². The zero-order valence-electron chi connectivity index (χ0n) is 27.0. The number of nitrogens with zero attached hydrogens (tertiary/aromatic N) is 1. The first-order chi connectivity index (χ1) is 18.7. The first kappa shape index (κ1) is 35.5. The normalized spacial score (nSPS) is 13.9. The highest BCUT2D eigenvalue weighted by atomic mass is 16.6. The van der Waals surface area contributed by atoms with Gasteiger partial charge in [-0.15, -0.1) is 0 Å². The van der Waals surface area contributed by atoms with Crippen LogP contribution in [0.5, 0.6) is 0 Å². The number of alkyl carbamates (subject to hydrolysis) is 1. The van der Waals surface area contributed by atoms with Crippen LogP contribution in [0.1, 0.15) is 129 Å². The minimum Gasteiger partial charge on any atom is -0.444 e. The number of nitrogens with one attached hydrogen (secondary N) is 2. The van der Waals surface area contributed by atoms with Crippen molar-refractivity contribution in [1.29, 1.82) is 0 Å². The van der Waals surface area contributed by atoms with E-state index >= 15 is 0 Å². The lowest BCUT2D eigenvalue weighted by Gasteiger charge is -2.37. The third-order valence-corrected chi connectivity index (χ3v) is 7.25. The molecule has 0 aliphatic rings. The number of carbonyl (C=O) groups excluding carboxylic acids is 3. The molecule has 0 aromatic heterocycles. The van der Waals surface area contributed by atoms with E-state index in [2.05, 4.69) is 24.5 Å². The van der Waals surface area contributed by atoms with Crippen LogP contribution in [0, 0.1) is 19.8 Å². The molecule has 3 unspecified atom stereocenters. The van der Waals surface area contributed by atoms with Crippen LogP contribution in [-0.4, -0.2) is 47.0 Å². The van der Waals surface area contributed by atoms with Gasteiger partial charge in [0.2, 0.25) is 11.8 Å². The second-order valence-corrected chi connectivity index (χ2v) is 12.6. The van der Waals surface area contributed by atoms with Crippen LogP contribution in [0.15, 0.2) is 18.2 Å².